The van der Waals surface area contributed by atoms with Gasteiger partial charge < -0.3 is 19.9 Å². The Hall–Kier alpha value is -2.60. The zero-order valence-electron chi connectivity index (χ0n) is 14.1. The highest BCUT2D eigenvalue weighted by molar-refractivity contribution is 5.74. The highest BCUT2D eigenvalue weighted by Gasteiger charge is 2.25. The highest BCUT2D eigenvalue weighted by atomic mass is 16.3. The number of aliphatic hydroxyl groups is 1. The Morgan fingerprint density at radius 3 is 2.60 bits per heavy atom. The van der Waals surface area contributed by atoms with E-state index in [0.717, 1.165) is 17.5 Å². The molecule has 2 amide bonds. The molecule has 0 spiro atoms. The van der Waals surface area contributed by atoms with Crippen molar-refractivity contribution in [2.75, 3.05) is 19.7 Å². The second-order valence-corrected chi connectivity index (χ2v) is 6.43. The first kappa shape index (κ1) is 17.2. The standard InChI is InChI=1S/C19H23N3O3/c23-14-17-8-10-22(13-17)19(25)20-11-15-4-6-16(7-5-15)12-21-9-2-1-3-18(21)24/h1-7,9,17,23H,8,10-14H2,(H,20,25). The fraction of sp³-hybridized carbons (Fsp3) is 0.368. The molecule has 1 aromatic carbocycles. The van der Waals surface area contributed by atoms with Gasteiger partial charge in [0.15, 0.2) is 0 Å². The number of nitrogens with one attached hydrogen (secondary N) is 1. The number of benzene rings is 1. The summed E-state index contributed by atoms with van der Waals surface area (Å²) in [5, 5.41) is 12.1. The van der Waals surface area contributed by atoms with Crippen molar-refractivity contribution in [1.29, 1.82) is 0 Å². The van der Waals surface area contributed by atoms with Crippen molar-refractivity contribution in [1.82, 2.24) is 14.8 Å². The fourth-order valence-corrected chi connectivity index (χ4v) is 3.01. The van der Waals surface area contributed by atoms with Crippen LogP contribution < -0.4 is 10.9 Å². The van der Waals surface area contributed by atoms with E-state index in [1.54, 1.807) is 27.8 Å². The smallest absolute Gasteiger partial charge is 0.317 e. The van der Waals surface area contributed by atoms with Gasteiger partial charge >= 0.3 is 6.03 Å². The maximum Gasteiger partial charge on any atom is 0.317 e. The van der Waals surface area contributed by atoms with Crippen LogP contribution in [0.1, 0.15) is 17.5 Å². The van der Waals surface area contributed by atoms with Gasteiger partial charge in [0.25, 0.3) is 5.56 Å². The van der Waals surface area contributed by atoms with Crippen LogP contribution in [-0.2, 0) is 13.1 Å². The lowest BCUT2D eigenvalue weighted by molar-refractivity contribution is 0.198. The van der Waals surface area contributed by atoms with Gasteiger partial charge in [-0.15, -0.1) is 0 Å². The number of aliphatic hydroxyl groups excluding tert-OH is 1. The second-order valence-electron chi connectivity index (χ2n) is 6.43. The number of nitrogens with zero attached hydrogens (tertiary/aromatic N) is 2. The summed E-state index contributed by atoms with van der Waals surface area (Å²) < 4.78 is 1.65. The highest BCUT2D eigenvalue weighted by Crippen LogP contribution is 2.15. The molecule has 1 aliphatic heterocycles. The van der Waals surface area contributed by atoms with Crippen molar-refractivity contribution in [2.45, 2.75) is 19.5 Å². The average molecular weight is 341 g/mol. The molecule has 2 heterocycles. The largest absolute Gasteiger partial charge is 0.396 e. The van der Waals surface area contributed by atoms with Crippen LogP contribution in [0.3, 0.4) is 0 Å². The summed E-state index contributed by atoms with van der Waals surface area (Å²) in [6.45, 7) is 2.44. The van der Waals surface area contributed by atoms with Crippen LogP contribution in [0.2, 0.25) is 0 Å². The molecule has 0 radical (unpaired) electrons. The first-order valence-electron chi connectivity index (χ1n) is 8.52. The van der Waals surface area contributed by atoms with Gasteiger partial charge in [-0.25, -0.2) is 4.79 Å². The molecule has 2 aromatic rings. The number of hydrogen-bond donors (Lipinski definition) is 2. The molecule has 132 valence electrons. The summed E-state index contributed by atoms with van der Waals surface area (Å²) in [7, 11) is 0. The molecule has 1 atom stereocenters. The Bertz CT molecular complexity index is 770. The number of carbonyl (C=O) groups excluding carboxylic acids is 1. The van der Waals surface area contributed by atoms with Crippen molar-refractivity contribution in [3.05, 3.63) is 70.1 Å². The van der Waals surface area contributed by atoms with E-state index in [9.17, 15) is 9.59 Å². The van der Waals surface area contributed by atoms with Crippen molar-refractivity contribution in [2.24, 2.45) is 5.92 Å². The topological polar surface area (TPSA) is 74.6 Å². The predicted molar refractivity (Wildman–Crippen MR) is 95.2 cm³/mol. The lowest BCUT2D eigenvalue weighted by Crippen LogP contribution is -2.38. The summed E-state index contributed by atoms with van der Waals surface area (Å²) in [5.74, 6) is 0.200. The van der Waals surface area contributed by atoms with Gasteiger partial charge in [0.1, 0.15) is 0 Å². The van der Waals surface area contributed by atoms with Gasteiger partial charge in [0.2, 0.25) is 0 Å². The maximum atomic E-state index is 12.1. The summed E-state index contributed by atoms with van der Waals surface area (Å²) in [6.07, 6.45) is 2.63. The lowest BCUT2D eigenvalue weighted by atomic mass is 10.1. The van der Waals surface area contributed by atoms with Crippen LogP contribution in [-0.4, -0.2) is 40.3 Å². The summed E-state index contributed by atoms with van der Waals surface area (Å²) in [6, 6.07) is 12.9. The Labute approximate surface area is 146 Å². The van der Waals surface area contributed by atoms with Crippen LogP contribution in [0.25, 0.3) is 0 Å². The minimum absolute atomic E-state index is 0.0226. The van der Waals surface area contributed by atoms with Crippen LogP contribution in [0, 0.1) is 5.92 Å². The number of hydrogen-bond acceptors (Lipinski definition) is 3. The van der Waals surface area contributed by atoms with Crippen molar-refractivity contribution in [3.63, 3.8) is 0 Å². The molecule has 1 aromatic heterocycles. The third-order valence-electron chi connectivity index (χ3n) is 4.55. The molecule has 3 rings (SSSR count). The molecule has 2 N–H and O–H groups in total. The van der Waals surface area contributed by atoms with E-state index in [0.29, 0.717) is 26.2 Å². The van der Waals surface area contributed by atoms with E-state index in [2.05, 4.69) is 5.32 Å². The number of likely N-dealkylation sites (tertiary alicyclic amines) is 1. The SMILES string of the molecule is O=C(NCc1ccc(Cn2ccccc2=O)cc1)N1CCC(CO)C1. The van der Waals surface area contributed by atoms with Crippen LogP contribution >= 0.6 is 0 Å². The van der Waals surface area contributed by atoms with Gasteiger partial charge in [-0.2, -0.15) is 0 Å². The summed E-state index contributed by atoms with van der Waals surface area (Å²) in [4.78, 5) is 25.6. The Balaban J connectivity index is 1.52. The minimum atomic E-state index is -0.0872. The van der Waals surface area contributed by atoms with Crippen molar-refractivity contribution in [3.8, 4) is 0 Å². The Morgan fingerprint density at radius 2 is 1.92 bits per heavy atom. The molecule has 0 bridgehead atoms. The van der Waals surface area contributed by atoms with E-state index < -0.39 is 0 Å². The van der Waals surface area contributed by atoms with E-state index in [-0.39, 0.29) is 24.1 Å². The van der Waals surface area contributed by atoms with Gasteiger partial charge in [-0.05, 0) is 23.6 Å². The Morgan fingerprint density at radius 1 is 1.16 bits per heavy atom. The number of pyridine rings is 1. The number of amides is 2. The van der Waals surface area contributed by atoms with Crippen LogP contribution in [0.15, 0.2) is 53.5 Å². The Kier molecular flexibility index (Phi) is 5.50. The fourth-order valence-electron chi connectivity index (χ4n) is 3.01. The molecule has 0 saturated carbocycles. The molecule has 6 heteroatoms. The quantitative estimate of drug-likeness (QED) is 0.864. The molecule has 1 fully saturated rings. The zero-order valence-corrected chi connectivity index (χ0v) is 14.1. The van der Waals surface area contributed by atoms with Gasteiger partial charge in [-0.1, -0.05) is 30.3 Å². The summed E-state index contributed by atoms with van der Waals surface area (Å²) in [5.41, 5.74) is 2.02. The first-order valence-corrected chi connectivity index (χ1v) is 8.52. The molecule has 1 saturated heterocycles. The van der Waals surface area contributed by atoms with Crippen LogP contribution in [0.5, 0.6) is 0 Å². The average Bonchev–Trinajstić information content (AvgIpc) is 3.12. The molecule has 6 nitrogen and oxygen atoms in total. The summed E-state index contributed by atoms with van der Waals surface area (Å²) >= 11 is 0. The van der Waals surface area contributed by atoms with Gasteiger partial charge in [0, 0.05) is 44.4 Å². The van der Waals surface area contributed by atoms with E-state index in [4.69, 9.17) is 5.11 Å². The molecule has 0 aliphatic carbocycles. The van der Waals surface area contributed by atoms with E-state index in [1.807, 2.05) is 30.3 Å². The number of aromatic nitrogens is 1. The second kappa shape index (κ2) is 7.98. The van der Waals surface area contributed by atoms with E-state index in [1.165, 1.54) is 0 Å². The molecular weight excluding hydrogens is 318 g/mol. The minimum Gasteiger partial charge on any atom is -0.396 e. The zero-order chi connectivity index (χ0) is 17.6. The predicted octanol–water partition coefficient (Wildman–Crippen LogP) is 1.42. The number of rotatable bonds is 5. The van der Waals surface area contributed by atoms with Crippen molar-refractivity contribution >= 4 is 6.03 Å². The number of urea groups is 1. The third kappa shape index (κ3) is 4.48. The lowest BCUT2D eigenvalue weighted by Gasteiger charge is -2.17. The third-order valence-corrected chi connectivity index (χ3v) is 4.55. The van der Waals surface area contributed by atoms with Gasteiger partial charge in [0.05, 0.1) is 6.54 Å². The molecule has 1 aliphatic rings. The molecule has 1 unspecified atom stereocenters. The normalized spacial score (nSPS) is 16.8. The van der Waals surface area contributed by atoms with Gasteiger partial charge in [-0.3, -0.25) is 4.79 Å². The molecule has 25 heavy (non-hydrogen) atoms. The van der Waals surface area contributed by atoms with E-state index >= 15 is 0 Å². The van der Waals surface area contributed by atoms with Crippen LogP contribution in [0.4, 0.5) is 4.79 Å². The monoisotopic (exact) mass is 341 g/mol. The first-order chi connectivity index (χ1) is 12.2. The maximum absolute atomic E-state index is 12.1. The number of carbonyl (C=O) groups is 1. The molecular formula is C19H23N3O3. The van der Waals surface area contributed by atoms with Crippen molar-refractivity contribution < 1.29 is 9.90 Å².